The minimum atomic E-state index is -0.113. The quantitative estimate of drug-likeness (QED) is 0.246. The molecule has 0 amide bonds. The molecule has 3 aromatic rings. The van der Waals surface area contributed by atoms with E-state index in [-0.39, 0.29) is 22.5 Å². The van der Waals surface area contributed by atoms with E-state index >= 15 is 0 Å². The molecule has 0 aliphatic carbocycles. The Morgan fingerprint density at radius 2 is 1.10 bits per heavy atom. The first-order chi connectivity index (χ1) is 18.4. The molecular weight excluding hydrogens is 484 g/mol. The molecule has 0 bridgehead atoms. The summed E-state index contributed by atoms with van der Waals surface area (Å²) in [6.45, 7) is 12.7. The van der Waals surface area contributed by atoms with Crippen molar-refractivity contribution >= 4 is 0 Å². The van der Waals surface area contributed by atoms with Crippen molar-refractivity contribution in [2.45, 2.75) is 85.9 Å². The van der Waals surface area contributed by atoms with Gasteiger partial charge in [0, 0.05) is 6.42 Å². The van der Waals surface area contributed by atoms with Crippen LogP contribution in [0.25, 0.3) is 0 Å². The Kier molecular flexibility index (Phi) is 8.96. The van der Waals surface area contributed by atoms with E-state index in [4.69, 9.17) is 9.47 Å². The topological polar surface area (TPSA) is 58.9 Å². The van der Waals surface area contributed by atoms with Crippen molar-refractivity contribution in [3.8, 4) is 17.2 Å². The van der Waals surface area contributed by atoms with Gasteiger partial charge in [-0.2, -0.15) is 0 Å². The maximum Gasteiger partial charge on any atom is 0.199 e. The number of phenolic OH excluding ortho intramolecular Hbond substituents is 2. The third-order valence-corrected chi connectivity index (χ3v) is 7.76. The smallest absolute Gasteiger partial charge is 0.199 e. The van der Waals surface area contributed by atoms with Gasteiger partial charge < -0.3 is 19.7 Å². The Balaban J connectivity index is 1.48. The number of phenols is 2. The predicted molar refractivity (Wildman–Crippen MR) is 158 cm³/mol. The van der Waals surface area contributed by atoms with Crippen LogP contribution in [0.15, 0.2) is 72.8 Å². The van der Waals surface area contributed by atoms with Gasteiger partial charge in [0.1, 0.15) is 17.2 Å². The number of hydrogen-bond acceptors (Lipinski definition) is 4. The van der Waals surface area contributed by atoms with Crippen LogP contribution in [0.1, 0.15) is 77.0 Å². The van der Waals surface area contributed by atoms with Crippen LogP contribution in [0.4, 0.5) is 0 Å². The van der Waals surface area contributed by atoms with Crippen LogP contribution in [0, 0.1) is 16.2 Å². The average molecular weight is 531 g/mol. The third kappa shape index (κ3) is 9.03. The van der Waals surface area contributed by atoms with Gasteiger partial charge in [-0.25, -0.2) is 0 Å². The highest BCUT2D eigenvalue weighted by Crippen LogP contribution is 2.47. The normalized spacial score (nSPS) is 17.6. The summed E-state index contributed by atoms with van der Waals surface area (Å²) in [6.07, 6.45) is 6.90. The second kappa shape index (κ2) is 12.0. The Morgan fingerprint density at radius 1 is 0.667 bits per heavy atom. The summed E-state index contributed by atoms with van der Waals surface area (Å²) in [6, 6.07) is 23.9. The van der Waals surface area contributed by atoms with Crippen LogP contribution in [-0.4, -0.2) is 23.1 Å². The molecule has 0 aromatic heterocycles. The summed E-state index contributed by atoms with van der Waals surface area (Å²) in [4.78, 5) is 0. The van der Waals surface area contributed by atoms with E-state index in [0.29, 0.717) is 11.5 Å². The van der Waals surface area contributed by atoms with Crippen LogP contribution in [0.5, 0.6) is 17.2 Å². The molecule has 2 atom stereocenters. The van der Waals surface area contributed by atoms with Crippen LogP contribution in [-0.2, 0) is 24.0 Å². The van der Waals surface area contributed by atoms with Crippen LogP contribution in [0.2, 0.25) is 0 Å². The lowest BCUT2D eigenvalue weighted by Crippen LogP contribution is -2.34. The molecule has 1 aliphatic rings. The van der Waals surface area contributed by atoms with Crippen molar-refractivity contribution in [2.24, 2.45) is 16.2 Å². The molecule has 1 fully saturated rings. The van der Waals surface area contributed by atoms with E-state index < -0.39 is 0 Å². The first-order valence-corrected chi connectivity index (χ1v) is 14.3. The van der Waals surface area contributed by atoms with Gasteiger partial charge in [0.2, 0.25) is 0 Å². The van der Waals surface area contributed by atoms with Crippen molar-refractivity contribution < 1.29 is 19.7 Å². The standard InChI is InChI=1S/C35H46O4/c1-33(2,21-26-8-14-29(36)15-9-26)24-35(5,23-28-10-16-30(37)17-11-28)25-34(3,4)22-27-12-18-31(19-13-27)39-32-7-6-20-38-32/h8-19,32,36-37H,6-7,20-25H2,1-5H3. The summed E-state index contributed by atoms with van der Waals surface area (Å²) in [5, 5.41) is 19.6. The highest BCUT2D eigenvalue weighted by molar-refractivity contribution is 5.29. The monoisotopic (exact) mass is 530 g/mol. The Labute approximate surface area is 235 Å². The van der Waals surface area contributed by atoms with Crippen molar-refractivity contribution in [1.82, 2.24) is 0 Å². The molecule has 2 unspecified atom stereocenters. The fraction of sp³-hybridized carbons (Fsp3) is 0.486. The number of rotatable bonds is 12. The molecule has 39 heavy (non-hydrogen) atoms. The first kappa shape index (κ1) is 29.0. The fourth-order valence-electron chi connectivity index (χ4n) is 6.93. The lowest BCUT2D eigenvalue weighted by atomic mass is 9.62. The van der Waals surface area contributed by atoms with Crippen LogP contribution >= 0.6 is 0 Å². The van der Waals surface area contributed by atoms with E-state index in [0.717, 1.165) is 57.3 Å². The third-order valence-electron chi connectivity index (χ3n) is 7.76. The molecule has 0 saturated carbocycles. The molecule has 3 aromatic carbocycles. The molecule has 4 rings (SSSR count). The highest BCUT2D eigenvalue weighted by atomic mass is 16.7. The van der Waals surface area contributed by atoms with Gasteiger partial charge in [-0.05, 0) is 108 Å². The van der Waals surface area contributed by atoms with Crippen molar-refractivity contribution in [3.63, 3.8) is 0 Å². The maximum absolute atomic E-state index is 9.84. The molecule has 210 valence electrons. The predicted octanol–water partition coefficient (Wildman–Crippen LogP) is 8.48. The van der Waals surface area contributed by atoms with Crippen molar-refractivity contribution in [1.29, 1.82) is 0 Å². The van der Waals surface area contributed by atoms with Gasteiger partial charge in [-0.15, -0.1) is 0 Å². The number of hydrogen-bond donors (Lipinski definition) is 2. The van der Waals surface area contributed by atoms with Gasteiger partial charge in [-0.1, -0.05) is 71.0 Å². The zero-order valence-corrected chi connectivity index (χ0v) is 24.4. The van der Waals surface area contributed by atoms with E-state index in [1.54, 1.807) is 24.3 Å². The molecule has 1 saturated heterocycles. The van der Waals surface area contributed by atoms with Crippen molar-refractivity contribution in [3.05, 3.63) is 89.5 Å². The SMILES string of the molecule is CC(C)(Cc1ccc(O)cc1)CC(C)(Cc1ccc(O)cc1)CC(C)(C)Cc1ccc(OC2CCCO2)cc1. The molecule has 0 radical (unpaired) electrons. The second-order valence-electron chi connectivity index (χ2n) is 13.6. The minimum Gasteiger partial charge on any atom is -0.508 e. The summed E-state index contributed by atoms with van der Waals surface area (Å²) in [5.41, 5.74) is 4.01. The largest absolute Gasteiger partial charge is 0.508 e. The van der Waals surface area contributed by atoms with E-state index in [2.05, 4.69) is 71.0 Å². The molecular formula is C35H46O4. The molecule has 2 N–H and O–H groups in total. The van der Waals surface area contributed by atoms with Crippen LogP contribution < -0.4 is 4.74 Å². The van der Waals surface area contributed by atoms with Gasteiger partial charge >= 0.3 is 0 Å². The van der Waals surface area contributed by atoms with Crippen molar-refractivity contribution in [2.75, 3.05) is 6.61 Å². The Morgan fingerprint density at radius 3 is 1.54 bits per heavy atom. The molecule has 0 spiro atoms. The van der Waals surface area contributed by atoms with E-state index in [1.165, 1.54) is 16.7 Å². The number of aromatic hydroxyl groups is 2. The fourth-order valence-corrected chi connectivity index (χ4v) is 6.93. The number of ether oxygens (including phenoxy) is 2. The summed E-state index contributed by atoms with van der Waals surface area (Å²) >= 11 is 0. The second-order valence-corrected chi connectivity index (χ2v) is 13.6. The zero-order chi connectivity index (χ0) is 28.1. The van der Waals surface area contributed by atoms with Gasteiger partial charge in [0.05, 0.1) is 6.61 Å². The van der Waals surface area contributed by atoms with Gasteiger partial charge in [0.25, 0.3) is 0 Å². The summed E-state index contributed by atoms with van der Waals surface area (Å²) in [7, 11) is 0. The summed E-state index contributed by atoms with van der Waals surface area (Å²) in [5.74, 6) is 1.49. The maximum atomic E-state index is 9.84. The lowest BCUT2D eigenvalue weighted by Gasteiger charge is -2.43. The van der Waals surface area contributed by atoms with Gasteiger partial charge in [0.15, 0.2) is 6.29 Å². The molecule has 1 heterocycles. The number of benzene rings is 3. The molecule has 4 heteroatoms. The minimum absolute atomic E-state index is 0.0454. The van der Waals surface area contributed by atoms with E-state index in [1.807, 2.05) is 12.1 Å². The van der Waals surface area contributed by atoms with Gasteiger partial charge in [-0.3, -0.25) is 0 Å². The van der Waals surface area contributed by atoms with Crippen LogP contribution in [0.3, 0.4) is 0 Å². The molecule has 4 nitrogen and oxygen atoms in total. The van der Waals surface area contributed by atoms with E-state index in [9.17, 15) is 10.2 Å². The summed E-state index contributed by atoms with van der Waals surface area (Å²) < 4.78 is 11.6. The lowest BCUT2D eigenvalue weighted by molar-refractivity contribution is -0.0390. The molecule has 1 aliphatic heterocycles. The Bertz CT molecular complexity index is 1170. The zero-order valence-electron chi connectivity index (χ0n) is 24.4. The Hall–Kier alpha value is -2.98. The first-order valence-electron chi connectivity index (χ1n) is 14.3. The average Bonchev–Trinajstić information content (AvgIpc) is 3.35. The highest BCUT2D eigenvalue weighted by Gasteiger charge is 2.37.